The minimum Gasteiger partial charge on any atom is -0.389 e. The van der Waals surface area contributed by atoms with Gasteiger partial charge in [-0.1, -0.05) is 32.9 Å². The van der Waals surface area contributed by atoms with E-state index in [0.29, 0.717) is 5.92 Å². The molecule has 0 N–H and O–H groups in total. The molecule has 1 aliphatic heterocycles. The summed E-state index contributed by atoms with van der Waals surface area (Å²) in [5.41, 5.74) is 1.07. The first kappa shape index (κ1) is 11.5. The average molecular weight is 171 g/mol. The topological polar surface area (TPSA) is 21.6 Å². The first-order valence-corrected chi connectivity index (χ1v) is 4.76. The van der Waals surface area contributed by atoms with E-state index in [9.17, 15) is 0 Å². The van der Waals surface area contributed by atoms with Gasteiger partial charge in [-0.25, -0.2) is 0 Å². The summed E-state index contributed by atoms with van der Waals surface area (Å²) in [4.78, 5) is 5.30. The molecule has 2 nitrogen and oxygen atoms in total. The van der Waals surface area contributed by atoms with Crippen LogP contribution in [0.2, 0.25) is 0 Å². The van der Waals surface area contributed by atoms with Gasteiger partial charge in [0.15, 0.2) is 0 Å². The lowest BCUT2D eigenvalue weighted by atomic mass is 9.88. The maximum absolute atomic E-state index is 5.30. The van der Waals surface area contributed by atoms with Crippen LogP contribution in [0.5, 0.6) is 0 Å². The highest BCUT2D eigenvalue weighted by Gasteiger charge is 2.35. The van der Waals surface area contributed by atoms with Gasteiger partial charge in [-0.15, -0.1) is 0 Å². The maximum Gasteiger partial charge on any atom is 0.142 e. The molecule has 2 heteroatoms. The summed E-state index contributed by atoms with van der Waals surface area (Å²) in [6, 6.07) is 0. The molecule has 0 radical (unpaired) electrons. The smallest absolute Gasteiger partial charge is 0.142 e. The summed E-state index contributed by atoms with van der Waals surface area (Å²) in [5, 5.41) is 3.93. The zero-order chi connectivity index (χ0) is 9.78. The largest absolute Gasteiger partial charge is 0.389 e. The molecule has 1 atom stereocenters. The molecule has 0 amide bonds. The van der Waals surface area contributed by atoms with Crippen molar-refractivity contribution in [3.63, 3.8) is 0 Å². The van der Waals surface area contributed by atoms with E-state index in [0.717, 1.165) is 12.1 Å². The van der Waals surface area contributed by atoms with E-state index >= 15 is 0 Å². The van der Waals surface area contributed by atoms with Crippen LogP contribution in [0.3, 0.4) is 0 Å². The molecule has 0 aromatic carbocycles. The first-order chi connectivity index (χ1) is 5.54. The van der Waals surface area contributed by atoms with Crippen molar-refractivity contribution < 1.29 is 4.84 Å². The minimum atomic E-state index is -0.0376. The van der Waals surface area contributed by atoms with Crippen LogP contribution in [-0.4, -0.2) is 11.3 Å². The predicted octanol–water partition coefficient (Wildman–Crippen LogP) is 3.22. The second-order valence-corrected chi connectivity index (χ2v) is 3.56. The van der Waals surface area contributed by atoms with Crippen LogP contribution in [0.4, 0.5) is 0 Å². The lowest BCUT2D eigenvalue weighted by Crippen LogP contribution is -2.30. The molecule has 1 aliphatic rings. The third-order valence-corrected chi connectivity index (χ3v) is 2.24. The van der Waals surface area contributed by atoms with Gasteiger partial charge in [-0.2, -0.15) is 0 Å². The lowest BCUT2D eigenvalue weighted by Gasteiger charge is -2.25. The number of hydrogen-bond donors (Lipinski definition) is 0. The SMILES string of the molecule is CC.CC1=NOC(C)(C(C)C)C1. The molecule has 1 rings (SSSR count). The maximum atomic E-state index is 5.30. The van der Waals surface area contributed by atoms with E-state index in [2.05, 4.69) is 25.9 Å². The Morgan fingerprint density at radius 3 is 2.08 bits per heavy atom. The molecule has 0 saturated heterocycles. The van der Waals surface area contributed by atoms with E-state index in [-0.39, 0.29) is 5.60 Å². The Kier molecular flexibility index (Phi) is 4.29. The Hall–Kier alpha value is -0.530. The Morgan fingerprint density at radius 2 is 1.92 bits per heavy atom. The van der Waals surface area contributed by atoms with Crippen LogP contribution in [0.15, 0.2) is 5.16 Å². The van der Waals surface area contributed by atoms with Gasteiger partial charge in [0, 0.05) is 6.42 Å². The van der Waals surface area contributed by atoms with Crippen LogP contribution in [0.25, 0.3) is 0 Å². The summed E-state index contributed by atoms with van der Waals surface area (Å²) in [6.07, 6.45) is 0.977. The molecule has 72 valence electrons. The van der Waals surface area contributed by atoms with E-state index < -0.39 is 0 Å². The summed E-state index contributed by atoms with van der Waals surface area (Å²) >= 11 is 0. The van der Waals surface area contributed by atoms with Crippen molar-refractivity contribution in [2.45, 2.75) is 53.6 Å². The van der Waals surface area contributed by atoms with Gasteiger partial charge < -0.3 is 4.84 Å². The van der Waals surface area contributed by atoms with Gasteiger partial charge in [-0.05, 0) is 19.8 Å². The van der Waals surface area contributed by atoms with Gasteiger partial charge in [0.25, 0.3) is 0 Å². The van der Waals surface area contributed by atoms with Gasteiger partial charge >= 0.3 is 0 Å². The van der Waals surface area contributed by atoms with Gasteiger partial charge in [0.2, 0.25) is 0 Å². The molecular formula is C10H21NO. The van der Waals surface area contributed by atoms with E-state index in [1.54, 1.807) is 0 Å². The summed E-state index contributed by atoms with van der Waals surface area (Å²) in [5.74, 6) is 0.536. The van der Waals surface area contributed by atoms with Crippen molar-refractivity contribution in [1.29, 1.82) is 0 Å². The summed E-state index contributed by atoms with van der Waals surface area (Å²) in [7, 11) is 0. The molecule has 1 unspecified atom stereocenters. The summed E-state index contributed by atoms with van der Waals surface area (Å²) in [6.45, 7) is 12.4. The molecule has 12 heavy (non-hydrogen) atoms. The van der Waals surface area contributed by atoms with Crippen molar-refractivity contribution >= 4 is 5.71 Å². The average Bonchev–Trinajstić information content (AvgIpc) is 2.37. The van der Waals surface area contributed by atoms with E-state index in [1.807, 2.05) is 20.8 Å². The van der Waals surface area contributed by atoms with Crippen molar-refractivity contribution in [3.8, 4) is 0 Å². The Morgan fingerprint density at radius 1 is 1.42 bits per heavy atom. The minimum absolute atomic E-state index is 0.0376. The van der Waals surface area contributed by atoms with Crippen LogP contribution < -0.4 is 0 Å². The predicted molar refractivity (Wildman–Crippen MR) is 53.4 cm³/mol. The second-order valence-electron chi connectivity index (χ2n) is 3.56. The van der Waals surface area contributed by atoms with Gasteiger partial charge in [-0.3, -0.25) is 0 Å². The monoisotopic (exact) mass is 171 g/mol. The Balaban J connectivity index is 0.000000561. The molecule has 1 heterocycles. The van der Waals surface area contributed by atoms with E-state index in [1.165, 1.54) is 0 Å². The van der Waals surface area contributed by atoms with Crippen LogP contribution in [-0.2, 0) is 4.84 Å². The third-order valence-electron chi connectivity index (χ3n) is 2.24. The molecule has 0 aromatic heterocycles. The zero-order valence-corrected chi connectivity index (χ0v) is 9.14. The highest BCUT2D eigenvalue weighted by molar-refractivity contribution is 5.83. The molecule has 0 saturated carbocycles. The quantitative estimate of drug-likeness (QED) is 0.593. The fourth-order valence-electron chi connectivity index (χ4n) is 1.06. The van der Waals surface area contributed by atoms with Crippen molar-refractivity contribution in [2.75, 3.05) is 0 Å². The van der Waals surface area contributed by atoms with Crippen LogP contribution in [0, 0.1) is 5.92 Å². The van der Waals surface area contributed by atoms with Crippen LogP contribution in [0.1, 0.15) is 48.0 Å². The molecule has 0 bridgehead atoms. The Labute approximate surface area is 76.0 Å². The number of oxime groups is 1. The standard InChI is InChI=1S/C8H15NO.C2H6/c1-6(2)8(4)5-7(3)9-10-8;1-2/h6H,5H2,1-4H3;1-2H3. The highest BCUT2D eigenvalue weighted by atomic mass is 16.7. The highest BCUT2D eigenvalue weighted by Crippen LogP contribution is 2.30. The van der Waals surface area contributed by atoms with Crippen molar-refractivity contribution in [2.24, 2.45) is 11.1 Å². The normalized spacial score (nSPS) is 27.4. The van der Waals surface area contributed by atoms with Gasteiger partial charge in [0.1, 0.15) is 5.60 Å². The molecule has 0 aromatic rings. The summed E-state index contributed by atoms with van der Waals surface area (Å²) < 4.78 is 0. The molecule has 0 spiro atoms. The van der Waals surface area contributed by atoms with E-state index in [4.69, 9.17) is 4.84 Å². The molecule has 0 fully saturated rings. The molecule has 0 aliphatic carbocycles. The number of hydrogen-bond acceptors (Lipinski definition) is 2. The van der Waals surface area contributed by atoms with Gasteiger partial charge in [0.05, 0.1) is 5.71 Å². The zero-order valence-electron chi connectivity index (χ0n) is 9.14. The fourth-order valence-corrected chi connectivity index (χ4v) is 1.06. The second kappa shape index (κ2) is 4.48. The number of rotatable bonds is 1. The van der Waals surface area contributed by atoms with Crippen molar-refractivity contribution in [1.82, 2.24) is 0 Å². The fraction of sp³-hybridized carbons (Fsp3) is 0.900. The molecular weight excluding hydrogens is 150 g/mol. The Bertz CT molecular complexity index is 163. The lowest BCUT2D eigenvalue weighted by molar-refractivity contribution is -0.0384. The first-order valence-electron chi connectivity index (χ1n) is 4.76. The number of nitrogens with zero attached hydrogens (tertiary/aromatic N) is 1. The van der Waals surface area contributed by atoms with Crippen molar-refractivity contribution in [3.05, 3.63) is 0 Å². The van der Waals surface area contributed by atoms with Crippen LogP contribution >= 0.6 is 0 Å². The third kappa shape index (κ3) is 2.50.